The summed E-state index contributed by atoms with van der Waals surface area (Å²) in [4.78, 5) is 0. The molecule has 50 heavy (non-hydrogen) atoms. The maximum atomic E-state index is 8.60. The minimum Gasteiger partial charge on any atom is -0.659 e. The van der Waals surface area contributed by atoms with Crippen LogP contribution in [0.25, 0.3) is 21.3 Å². The summed E-state index contributed by atoms with van der Waals surface area (Å²) in [5.41, 5.74) is 0. The molecule has 12 unspecified atom stereocenters. The van der Waals surface area contributed by atoms with Crippen LogP contribution < -0.4 is 14.0 Å². The van der Waals surface area contributed by atoms with Crippen LogP contribution in [0.5, 0.6) is 0 Å². The molecule has 10 heteroatoms. The van der Waals surface area contributed by atoms with E-state index in [9.17, 15) is 0 Å². The molecule has 8 fully saturated rings. The van der Waals surface area contributed by atoms with E-state index < -0.39 is 10.2 Å². The molecule has 0 aromatic heterocycles. The number of nitrogens with zero attached hydrogens (tertiary/aromatic N) is 4. The van der Waals surface area contributed by atoms with E-state index in [2.05, 4.69) is 0 Å². The third kappa shape index (κ3) is 12.2. The van der Waals surface area contributed by atoms with E-state index in [-0.39, 0.29) is 16.5 Å². The van der Waals surface area contributed by atoms with Crippen LogP contribution in [0, 0.1) is 57.6 Å². The predicted molar refractivity (Wildman–Crippen MR) is 189 cm³/mol. The molecule has 8 rings (SSSR count). The molecule has 8 aliphatic rings. The van der Waals surface area contributed by atoms with E-state index in [4.69, 9.17) is 39.9 Å². The van der Waals surface area contributed by atoms with Gasteiger partial charge in [-0.25, -0.2) is 0 Å². The first-order valence-corrected chi connectivity index (χ1v) is 22.4. The van der Waals surface area contributed by atoms with Crippen molar-refractivity contribution in [1.82, 2.24) is 0 Å². The van der Waals surface area contributed by atoms with Crippen molar-refractivity contribution in [3.8, 4) is 0 Å². The van der Waals surface area contributed by atoms with Gasteiger partial charge in [0.1, 0.15) is 0 Å². The van der Waals surface area contributed by atoms with Gasteiger partial charge in [-0.2, -0.15) is 14.0 Å². The smallest absolute Gasteiger partial charge is 0.659 e. The summed E-state index contributed by atoms with van der Waals surface area (Å²) in [6.07, 6.45) is 34.6. The minimum absolute atomic E-state index is 0. The zero-order valence-corrected chi connectivity index (χ0v) is 32.6. The van der Waals surface area contributed by atoms with Crippen LogP contribution in [-0.2, 0) is 16.5 Å². The Morgan fingerprint density at radius 2 is 0.580 bits per heavy atom. The van der Waals surface area contributed by atoms with Crippen LogP contribution in [0.3, 0.4) is 0 Å². The molecular weight excluding hydrogens is 695 g/mol. The average molecular weight is 764 g/mol. The SMILES string of the molecule is C1CCC2C(C1)CC[N-]C2CCC1[N-]CCC2CCCCC21.C1CCC2C(C1)CC[N-]C2CCC1[N-]CCC2CCCCC21.[Ni+2].[O-][Cl+3]([O-])([O-])O. The number of halogens is 1. The molecule has 0 radical (unpaired) electrons. The fraction of sp³-hybridized carbons (Fsp3) is 1.00. The standard InChI is InChI=1S/2C20H34N2.ClHO4.Ni/c2*1-3-7-17-15(5-1)11-13-21-19(17)9-10-20-18-8-4-2-6-16(18)12-14-22-20;2-1(3,4)5;/h2*15-20H,1-14H2;(H,2,3,4,5);/q2*-2;;+2. The van der Waals surface area contributed by atoms with Crippen molar-refractivity contribution in [2.75, 3.05) is 26.2 Å². The number of rotatable bonds is 6. The largest absolute Gasteiger partial charge is 2.00 e. The van der Waals surface area contributed by atoms with Crippen LogP contribution in [0.2, 0.25) is 0 Å². The van der Waals surface area contributed by atoms with Crippen LogP contribution >= 0.6 is 0 Å². The maximum Gasteiger partial charge on any atom is 2.00 e. The van der Waals surface area contributed by atoms with Crippen molar-refractivity contribution < 1.29 is 45.4 Å². The molecule has 0 aromatic carbocycles. The number of piperidine rings is 4. The van der Waals surface area contributed by atoms with Gasteiger partial charge < -0.3 is 21.3 Å². The molecule has 4 saturated heterocycles. The fourth-order valence-electron chi connectivity index (χ4n) is 12.5. The Kier molecular flexibility index (Phi) is 17.4. The van der Waals surface area contributed by atoms with Gasteiger partial charge in [-0.15, -0.1) is 50.3 Å². The number of fused-ring (bicyclic) bond motifs is 4. The van der Waals surface area contributed by atoms with E-state index >= 15 is 0 Å². The summed E-state index contributed by atoms with van der Waals surface area (Å²) < 4.78 is 32.7. The first-order chi connectivity index (χ1) is 23.8. The van der Waals surface area contributed by atoms with Gasteiger partial charge in [-0.05, 0) is 23.7 Å². The van der Waals surface area contributed by atoms with Crippen molar-refractivity contribution in [2.45, 2.75) is 178 Å². The zero-order chi connectivity index (χ0) is 34.1. The van der Waals surface area contributed by atoms with Gasteiger partial charge in [0, 0.05) is 0 Å². The summed E-state index contributed by atoms with van der Waals surface area (Å²) in [6.45, 7) is 4.61. The maximum absolute atomic E-state index is 8.60. The predicted octanol–water partition coefficient (Wildman–Crippen LogP) is 7.22. The molecule has 0 amide bonds. The van der Waals surface area contributed by atoms with E-state index in [0.717, 1.165) is 73.5 Å². The Bertz CT molecular complexity index is 813. The van der Waals surface area contributed by atoms with Crippen molar-refractivity contribution in [1.29, 1.82) is 0 Å². The second-order valence-electron chi connectivity index (χ2n) is 17.4. The molecule has 4 saturated carbocycles. The van der Waals surface area contributed by atoms with E-state index in [1.54, 1.807) is 0 Å². The Morgan fingerprint density at radius 3 is 0.800 bits per heavy atom. The van der Waals surface area contributed by atoms with E-state index in [0.29, 0.717) is 24.2 Å². The summed E-state index contributed by atoms with van der Waals surface area (Å²) >= 11 is 0. The number of hydrogen-bond donors (Lipinski definition) is 1. The molecule has 4 aliphatic heterocycles. The normalized spacial score (nSPS) is 41.5. The minimum atomic E-state index is -4.69. The van der Waals surface area contributed by atoms with E-state index in [1.807, 2.05) is 0 Å². The molecule has 8 nitrogen and oxygen atoms in total. The van der Waals surface area contributed by atoms with Crippen LogP contribution in [0.4, 0.5) is 0 Å². The van der Waals surface area contributed by atoms with Gasteiger partial charge in [0.2, 0.25) is 0 Å². The zero-order valence-electron chi connectivity index (χ0n) is 30.9. The van der Waals surface area contributed by atoms with Gasteiger partial charge in [0.05, 0.1) is 14.9 Å². The van der Waals surface area contributed by atoms with Gasteiger partial charge in [-0.3, -0.25) is 0 Å². The molecule has 1 N–H and O–H groups in total. The molecule has 12 atom stereocenters. The summed E-state index contributed by atoms with van der Waals surface area (Å²) in [5.74, 6) is 7.82. The van der Waals surface area contributed by atoms with Gasteiger partial charge >= 0.3 is 16.5 Å². The average Bonchev–Trinajstić information content (AvgIpc) is 3.12. The second-order valence-corrected chi connectivity index (χ2v) is 18.2. The Hall–Kier alpha value is 0.464. The van der Waals surface area contributed by atoms with Gasteiger partial charge in [0.15, 0.2) is 0 Å². The molecule has 0 spiro atoms. The van der Waals surface area contributed by atoms with E-state index in [1.165, 1.54) is 154 Å². The molecule has 0 bridgehead atoms. The fourth-order valence-corrected chi connectivity index (χ4v) is 12.5. The summed E-state index contributed by atoms with van der Waals surface area (Å²) in [7, 11) is -4.69. The summed E-state index contributed by atoms with van der Waals surface area (Å²) in [5, 5.41) is 20.2. The molecular formula is C40H69ClN4NiO4-2. The monoisotopic (exact) mass is 762 g/mol. The van der Waals surface area contributed by atoms with Crippen molar-refractivity contribution in [2.24, 2.45) is 47.3 Å². The Morgan fingerprint density at radius 1 is 0.380 bits per heavy atom. The first-order valence-electron chi connectivity index (χ1n) is 21.1. The van der Waals surface area contributed by atoms with Gasteiger partial charge in [0.25, 0.3) is 0 Å². The Balaban J connectivity index is 0.000000169. The quantitative estimate of drug-likeness (QED) is 0.285. The second kappa shape index (κ2) is 21.0. The molecule has 292 valence electrons. The first kappa shape index (κ1) is 41.6. The molecule has 4 aliphatic carbocycles. The topological polar surface area (TPSA) is 146 Å². The number of hydrogen-bond acceptors (Lipinski definition) is 4. The van der Waals surface area contributed by atoms with Crippen molar-refractivity contribution >= 4 is 0 Å². The Labute approximate surface area is 317 Å². The summed E-state index contributed by atoms with van der Waals surface area (Å²) in [6, 6.07) is 2.77. The van der Waals surface area contributed by atoms with Crippen LogP contribution in [0.15, 0.2) is 0 Å². The third-order valence-electron chi connectivity index (χ3n) is 14.8. The van der Waals surface area contributed by atoms with Crippen molar-refractivity contribution in [3.63, 3.8) is 0 Å². The third-order valence-corrected chi connectivity index (χ3v) is 14.8. The van der Waals surface area contributed by atoms with Crippen molar-refractivity contribution in [3.05, 3.63) is 21.3 Å². The molecule has 4 heterocycles. The van der Waals surface area contributed by atoms with Crippen LogP contribution in [0.1, 0.15) is 154 Å². The van der Waals surface area contributed by atoms with Gasteiger partial charge in [-0.1, -0.05) is 178 Å². The molecule has 0 aromatic rings. The van der Waals surface area contributed by atoms with Crippen LogP contribution in [-0.4, -0.2) is 55.0 Å².